The molecule has 0 heterocycles. The molecule has 1 saturated carbocycles. The van der Waals surface area contributed by atoms with Gasteiger partial charge < -0.3 is 10.4 Å². The van der Waals surface area contributed by atoms with Crippen LogP contribution < -0.4 is 5.32 Å². The molecule has 0 bridgehead atoms. The van der Waals surface area contributed by atoms with Gasteiger partial charge in [-0.1, -0.05) is 37.5 Å². The highest BCUT2D eigenvalue weighted by Gasteiger charge is 2.18. The molecular weight excluding hydrogens is 242 g/mol. The minimum absolute atomic E-state index is 0.117. The zero-order valence-electron chi connectivity index (χ0n) is 10.9. The Morgan fingerprint density at radius 1 is 1.16 bits per heavy atom. The van der Waals surface area contributed by atoms with E-state index in [1.54, 1.807) is 24.3 Å². The monoisotopic (exact) mass is 261 g/mol. The van der Waals surface area contributed by atoms with Crippen molar-refractivity contribution in [2.75, 3.05) is 0 Å². The molecule has 2 N–H and O–H groups in total. The summed E-state index contributed by atoms with van der Waals surface area (Å²) in [6.07, 6.45) is 5.47. The minimum atomic E-state index is -0.919. The molecule has 1 aromatic carbocycles. The van der Waals surface area contributed by atoms with Gasteiger partial charge in [0.1, 0.15) is 0 Å². The molecule has 0 spiro atoms. The van der Waals surface area contributed by atoms with Crippen LogP contribution in [0.3, 0.4) is 0 Å². The predicted octanol–water partition coefficient (Wildman–Crippen LogP) is 2.38. The highest BCUT2D eigenvalue weighted by atomic mass is 16.4. The maximum Gasteiger partial charge on any atom is 0.307 e. The van der Waals surface area contributed by atoms with Crippen LogP contribution in [0.1, 0.15) is 48.0 Å². The average Bonchev–Trinajstić information content (AvgIpc) is 2.39. The van der Waals surface area contributed by atoms with E-state index in [1.165, 1.54) is 6.42 Å². The molecule has 4 nitrogen and oxygen atoms in total. The second kappa shape index (κ2) is 6.36. The molecule has 1 aromatic rings. The second-order valence-corrected chi connectivity index (χ2v) is 5.04. The van der Waals surface area contributed by atoms with Gasteiger partial charge in [0, 0.05) is 11.6 Å². The fourth-order valence-corrected chi connectivity index (χ4v) is 2.57. The van der Waals surface area contributed by atoms with Gasteiger partial charge in [-0.25, -0.2) is 0 Å². The molecule has 0 unspecified atom stereocenters. The van der Waals surface area contributed by atoms with Gasteiger partial charge >= 0.3 is 5.97 Å². The molecule has 0 radical (unpaired) electrons. The first-order chi connectivity index (χ1) is 9.16. The molecule has 2 rings (SSSR count). The summed E-state index contributed by atoms with van der Waals surface area (Å²) < 4.78 is 0. The van der Waals surface area contributed by atoms with Crippen molar-refractivity contribution < 1.29 is 14.7 Å². The largest absolute Gasteiger partial charge is 0.481 e. The number of amides is 1. The zero-order valence-corrected chi connectivity index (χ0v) is 10.9. The van der Waals surface area contributed by atoms with E-state index in [0.29, 0.717) is 11.1 Å². The van der Waals surface area contributed by atoms with Crippen molar-refractivity contribution in [3.8, 4) is 0 Å². The third-order valence-electron chi connectivity index (χ3n) is 3.54. The van der Waals surface area contributed by atoms with Crippen LogP contribution >= 0.6 is 0 Å². The number of nitrogens with one attached hydrogen (secondary N) is 1. The summed E-state index contributed by atoms with van der Waals surface area (Å²) in [4.78, 5) is 23.0. The lowest BCUT2D eigenvalue weighted by Gasteiger charge is -2.23. The number of aliphatic carboxylic acids is 1. The molecule has 0 saturated heterocycles. The number of carbonyl (C=O) groups is 2. The van der Waals surface area contributed by atoms with E-state index in [1.807, 2.05) is 0 Å². The maximum absolute atomic E-state index is 12.2. The Bertz CT molecular complexity index is 464. The van der Waals surface area contributed by atoms with Crippen molar-refractivity contribution in [2.24, 2.45) is 0 Å². The van der Waals surface area contributed by atoms with Crippen molar-refractivity contribution in [1.29, 1.82) is 0 Å². The fourth-order valence-electron chi connectivity index (χ4n) is 2.57. The van der Waals surface area contributed by atoms with Crippen LogP contribution in [0.25, 0.3) is 0 Å². The van der Waals surface area contributed by atoms with Crippen molar-refractivity contribution in [1.82, 2.24) is 5.32 Å². The lowest BCUT2D eigenvalue weighted by molar-refractivity contribution is -0.136. The van der Waals surface area contributed by atoms with Crippen LogP contribution in [-0.4, -0.2) is 23.0 Å². The average molecular weight is 261 g/mol. The molecule has 1 fully saturated rings. The molecule has 0 aromatic heterocycles. The Morgan fingerprint density at radius 2 is 1.84 bits per heavy atom. The summed E-state index contributed by atoms with van der Waals surface area (Å²) >= 11 is 0. The van der Waals surface area contributed by atoms with Gasteiger partial charge in [-0.2, -0.15) is 0 Å². The fraction of sp³-hybridized carbons (Fsp3) is 0.467. The predicted molar refractivity (Wildman–Crippen MR) is 72.1 cm³/mol. The van der Waals surface area contributed by atoms with Crippen LogP contribution in [0.2, 0.25) is 0 Å². The number of hydrogen-bond donors (Lipinski definition) is 2. The van der Waals surface area contributed by atoms with E-state index in [9.17, 15) is 9.59 Å². The molecule has 102 valence electrons. The number of hydrogen-bond acceptors (Lipinski definition) is 2. The summed E-state index contributed by atoms with van der Waals surface area (Å²) in [6, 6.07) is 7.15. The minimum Gasteiger partial charge on any atom is -0.481 e. The van der Waals surface area contributed by atoms with Gasteiger partial charge in [0.15, 0.2) is 0 Å². The molecule has 1 amide bonds. The highest BCUT2D eigenvalue weighted by Crippen LogP contribution is 2.18. The number of benzene rings is 1. The topological polar surface area (TPSA) is 66.4 Å². The summed E-state index contributed by atoms with van der Waals surface area (Å²) in [5.74, 6) is -1.07. The molecule has 1 aliphatic rings. The van der Waals surface area contributed by atoms with Gasteiger partial charge in [0.05, 0.1) is 6.42 Å². The molecule has 1 aliphatic carbocycles. The van der Waals surface area contributed by atoms with Gasteiger partial charge in [-0.05, 0) is 24.5 Å². The lowest BCUT2D eigenvalue weighted by atomic mass is 9.95. The summed E-state index contributed by atoms with van der Waals surface area (Å²) in [5, 5.41) is 11.9. The van der Waals surface area contributed by atoms with Crippen LogP contribution in [0, 0.1) is 0 Å². The maximum atomic E-state index is 12.2. The van der Waals surface area contributed by atoms with E-state index in [-0.39, 0.29) is 18.4 Å². The summed E-state index contributed by atoms with van der Waals surface area (Å²) in [6.45, 7) is 0. The third-order valence-corrected chi connectivity index (χ3v) is 3.54. The van der Waals surface area contributed by atoms with E-state index < -0.39 is 5.97 Å². The molecule has 0 aliphatic heterocycles. The number of carboxylic acids is 1. The SMILES string of the molecule is O=C(O)Cc1ccccc1C(=O)NC1CCCCC1. The Kier molecular flexibility index (Phi) is 4.55. The van der Waals surface area contributed by atoms with E-state index in [2.05, 4.69) is 5.32 Å². The normalized spacial score (nSPS) is 16.0. The Morgan fingerprint density at radius 3 is 2.53 bits per heavy atom. The Balaban J connectivity index is 2.07. The first kappa shape index (κ1) is 13.6. The number of rotatable bonds is 4. The van der Waals surface area contributed by atoms with Gasteiger partial charge in [0.25, 0.3) is 5.91 Å². The molecule has 0 atom stereocenters. The van der Waals surface area contributed by atoms with Gasteiger partial charge in [0.2, 0.25) is 0 Å². The van der Waals surface area contributed by atoms with Crippen molar-refractivity contribution >= 4 is 11.9 Å². The Hall–Kier alpha value is -1.84. The van der Waals surface area contributed by atoms with Crippen LogP contribution in [-0.2, 0) is 11.2 Å². The van der Waals surface area contributed by atoms with Crippen LogP contribution in [0.15, 0.2) is 24.3 Å². The van der Waals surface area contributed by atoms with Crippen LogP contribution in [0.4, 0.5) is 0 Å². The van der Waals surface area contributed by atoms with Gasteiger partial charge in [-0.15, -0.1) is 0 Å². The van der Waals surface area contributed by atoms with Gasteiger partial charge in [-0.3, -0.25) is 9.59 Å². The van der Waals surface area contributed by atoms with E-state index >= 15 is 0 Å². The van der Waals surface area contributed by atoms with E-state index in [0.717, 1.165) is 25.7 Å². The van der Waals surface area contributed by atoms with Crippen LogP contribution in [0.5, 0.6) is 0 Å². The highest BCUT2D eigenvalue weighted by molar-refractivity contribution is 5.96. The zero-order chi connectivity index (χ0) is 13.7. The summed E-state index contributed by atoms with van der Waals surface area (Å²) in [5.41, 5.74) is 1.05. The molecular formula is C15H19NO3. The molecule has 4 heteroatoms. The molecule has 19 heavy (non-hydrogen) atoms. The Labute approximate surface area is 112 Å². The number of carbonyl (C=O) groups excluding carboxylic acids is 1. The van der Waals surface area contributed by atoms with Crippen molar-refractivity contribution in [3.05, 3.63) is 35.4 Å². The third kappa shape index (κ3) is 3.81. The first-order valence-electron chi connectivity index (χ1n) is 6.77. The quantitative estimate of drug-likeness (QED) is 0.874. The first-order valence-corrected chi connectivity index (χ1v) is 6.77. The van der Waals surface area contributed by atoms with Crippen molar-refractivity contribution in [3.63, 3.8) is 0 Å². The second-order valence-electron chi connectivity index (χ2n) is 5.04. The standard InChI is InChI=1S/C15H19NO3/c17-14(18)10-11-6-4-5-9-13(11)15(19)16-12-7-2-1-3-8-12/h4-6,9,12H,1-3,7-8,10H2,(H,16,19)(H,17,18). The smallest absolute Gasteiger partial charge is 0.307 e. The van der Waals surface area contributed by atoms with E-state index in [4.69, 9.17) is 5.11 Å². The lowest BCUT2D eigenvalue weighted by Crippen LogP contribution is -2.36. The summed E-state index contributed by atoms with van der Waals surface area (Å²) in [7, 11) is 0. The van der Waals surface area contributed by atoms with Crippen molar-refractivity contribution in [2.45, 2.75) is 44.6 Å². The number of carboxylic acid groups (broad SMARTS) is 1.